The summed E-state index contributed by atoms with van der Waals surface area (Å²) in [7, 11) is 0. The van der Waals surface area contributed by atoms with Crippen LogP contribution >= 0.6 is 12.4 Å². The Morgan fingerprint density at radius 1 is 1.06 bits per heavy atom. The minimum atomic E-state index is 0. The lowest BCUT2D eigenvalue weighted by atomic mass is 9.91. The maximum atomic E-state index is 11.6. The molecule has 0 amide bonds. The van der Waals surface area contributed by atoms with Crippen LogP contribution in [0.3, 0.4) is 0 Å². The number of carbonyl (C=O) groups excluding carboxylic acids is 1. The normalized spacial score (nSPS) is 25.2. The van der Waals surface area contributed by atoms with E-state index in [1.807, 2.05) is 0 Å². The number of halogens is 1. The maximum Gasteiger partial charge on any atom is 0.136 e. The summed E-state index contributed by atoms with van der Waals surface area (Å²) in [6.07, 6.45) is 8.82. The van der Waals surface area contributed by atoms with E-state index in [9.17, 15) is 4.79 Å². The van der Waals surface area contributed by atoms with Crippen LogP contribution in [-0.4, -0.2) is 17.9 Å². The van der Waals surface area contributed by atoms with Crippen LogP contribution in [0.5, 0.6) is 0 Å². The van der Waals surface area contributed by atoms with Crippen molar-refractivity contribution in [2.75, 3.05) is 0 Å². The minimum absolute atomic E-state index is 0. The first kappa shape index (κ1) is 15.9. The Bertz CT molecular complexity index is 178. The van der Waals surface area contributed by atoms with Gasteiger partial charge in [-0.25, -0.2) is 0 Å². The fourth-order valence-electron chi connectivity index (χ4n) is 2.36. The lowest BCUT2D eigenvalue weighted by Crippen LogP contribution is -2.45. The summed E-state index contributed by atoms with van der Waals surface area (Å²) < 4.78 is 0. The molecule has 96 valence electrons. The Morgan fingerprint density at radius 3 is 1.88 bits per heavy atom. The second-order valence-electron chi connectivity index (χ2n) is 4.79. The third kappa shape index (κ3) is 5.86. The molecule has 16 heavy (non-hydrogen) atoms. The SMILES string of the molecule is CCCCC1CC(=O)CC(CCCC)N1.Cl. The quantitative estimate of drug-likeness (QED) is 0.779. The summed E-state index contributed by atoms with van der Waals surface area (Å²) in [6.45, 7) is 4.42. The van der Waals surface area contributed by atoms with Crippen molar-refractivity contribution in [3.05, 3.63) is 0 Å². The number of hydrogen-bond donors (Lipinski definition) is 1. The van der Waals surface area contributed by atoms with Gasteiger partial charge in [0.15, 0.2) is 0 Å². The van der Waals surface area contributed by atoms with Crippen molar-refractivity contribution in [1.29, 1.82) is 0 Å². The monoisotopic (exact) mass is 247 g/mol. The maximum absolute atomic E-state index is 11.6. The first-order valence-corrected chi connectivity index (χ1v) is 6.54. The Kier molecular flexibility index (Phi) is 8.96. The summed E-state index contributed by atoms with van der Waals surface area (Å²) in [5.41, 5.74) is 0. The number of rotatable bonds is 6. The Morgan fingerprint density at radius 2 is 1.50 bits per heavy atom. The zero-order valence-electron chi connectivity index (χ0n) is 10.6. The van der Waals surface area contributed by atoms with E-state index in [0.29, 0.717) is 17.9 Å². The highest BCUT2D eigenvalue weighted by molar-refractivity contribution is 5.85. The number of nitrogens with one attached hydrogen (secondary N) is 1. The second-order valence-corrected chi connectivity index (χ2v) is 4.79. The average Bonchev–Trinajstić information content (AvgIpc) is 2.23. The Labute approximate surface area is 106 Å². The number of ketones is 1. The van der Waals surface area contributed by atoms with Crippen molar-refractivity contribution < 1.29 is 4.79 Å². The Balaban J connectivity index is 0.00000225. The van der Waals surface area contributed by atoms with E-state index < -0.39 is 0 Å². The highest BCUT2D eigenvalue weighted by atomic mass is 35.5. The second kappa shape index (κ2) is 9.00. The molecule has 2 nitrogen and oxygen atoms in total. The van der Waals surface area contributed by atoms with Crippen LogP contribution in [0, 0.1) is 0 Å². The van der Waals surface area contributed by atoms with Crippen molar-refractivity contribution in [2.24, 2.45) is 0 Å². The number of piperidine rings is 1. The standard InChI is InChI=1S/C13H25NO.ClH/c1-3-5-7-11-9-13(15)10-12(14-11)8-6-4-2;/h11-12,14H,3-10H2,1-2H3;1H. The van der Waals surface area contributed by atoms with Crippen LogP contribution in [0.25, 0.3) is 0 Å². The van der Waals surface area contributed by atoms with E-state index in [2.05, 4.69) is 19.2 Å². The van der Waals surface area contributed by atoms with Crippen molar-refractivity contribution in [3.8, 4) is 0 Å². The predicted molar refractivity (Wildman–Crippen MR) is 71.3 cm³/mol. The van der Waals surface area contributed by atoms with Crippen molar-refractivity contribution in [1.82, 2.24) is 5.32 Å². The molecule has 1 fully saturated rings. The zero-order valence-corrected chi connectivity index (χ0v) is 11.4. The zero-order chi connectivity index (χ0) is 11.1. The lowest BCUT2D eigenvalue weighted by Gasteiger charge is -2.30. The van der Waals surface area contributed by atoms with Gasteiger partial charge in [-0.05, 0) is 12.8 Å². The van der Waals surface area contributed by atoms with Gasteiger partial charge in [0.1, 0.15) is 5.78 Å². The molecule has 0 saturated carbocycles. The number of unbranched alkanes of at least 4 members (excludes halogenated alkanes) is 2. The molecule has 1 N–H and O–H groups in total. The van der Waals surface area contributed by atoms with Crippen molar-refractivity contribution in [2.45, 2.75) is 77.3 Å². The molecule has 0 bridgehead atoms. The molecule has 1 aliphatic heterocycles. The largest absolute Gasteiger partial charge is 0.310 e. The van der Waals surface area contributed by atoms with E-state index in [0.717, 1.165) is 12.8 Å². The average molecular weight is 248 g/mol. The fraction of sp³-hybridized carbons (Fsp3) is 0.923. The van der Waals surface area contributed by atoms with E-state index in [1.165, 1.54) is 38.5 Å². The molecule has 3 heteroatoms. The number of Topliss-reactive ketones (excluding diaryl/α,β-unsaturated/α-hetero) is 1. The highest BCUT2D eigenvalue weighted by Crippen LogP contribution is 2.17. The molecule has 1 saturated heterocycles. The van der Waals surface area contributed by atoms with Gasteiger partial charge in [-0.1, -0.05) is 39.5 Å². The number of hydrogen-bond acceptors (Lipinski definition) is 2. The van der Waals surface area contributed by atoms with Gasteiger partial charge in [0.05, 0.1) is 0 Å². The first-order chi connectivity index (χ1) is 7.26. The smallest absolute Gasteiger partial charge is 0.136 e. The first-order valence-electron chi connectivity index (χ1n) is 6.54. The lowest BCUT2D eigenvalue weighted by molar-refractivity contribution is -0.121. The van der Waals surface area contributed by atoms with Gasteiger partial charge in [0.25, 0.3) is 0 Å². The summed E-state index contributed by atoms with van der Waals surface area (Å²) >= 11 is 0. The molecule has 2 atom stereocenters. The summed E-state index contributed by atoms with van der Waals surface area (Å²) in [5, 5.41) is 3.63. The number of carbonyl (C=O) groups is 1. The third-order valence-electron chi connectivity index (χ3n) is 3.23. The molecule has 0 spiro atoms. The van der Waals surface area contributed by atoms with Gasteiger partial charge < -0.3 is 5.32 Å². The van der Waals surface area contributed by atoms with Crippen molar-refractivity contribution in [3.63, 3.8) is 0 Å². The van der Waals surface area contributed by atoms with Crippen LogP contribution in [0.2, 0.25) is 0 Å². The Hall–Kier alpha value is -0.0800. The van der Waals surface area contributed by atoms with Gasteiger partial charge in [-0.3, -0.25) is 4.79 Å². The van der Waals surface area contributed by atoms with Crippen LogP contribution in [0.15, 0.2) is 0 Å². The van der Waals surface area contributed by atoms with Gasteiger partial charge in [-0.2, -0.15) is 0 Å². The van der Waals surface area contributed by atoms with Crippen LogP contribution in [0.4, 0.5) is 0 Å². The summed E-state index contributed by atoms with van der Waals surface area (Å²) in [5.74, 6) is 0.468. The van der Waals surface area contributed by atoms with Gasteiger partial charge >= 0.3 is 0 Å². The molecule has 0 radical (unpaired) electrons. The molecule has 1 aliphatic rings. The van der Waals surface area contributed by atoms with E-state index in [1.54, 1.807) is 0 Å². The van der Waals surface area contributed by atoms with E-state index in [4.69, 9.17) is 0 Å². The molecule has 1 rings (SSSR count). The van der Waals surface area contributed by atoms with Gasteiger partial charge in [-0.15, -0.1) is 12.4 Å². The minimum Gasteiger partial charge on any atom is -0.310 e. The molecule has 2 unspecified atom stereocenters. The van der Waals surface area contributed by atoms with Gasteiger partial charge in [0.2, 0.25) is 0 Å². The van der Waals surface area contributed by atoms with Crippen LogP contribution in [-0.2, 0) is 4.79 Å². The molecular weight excluding hydrogens is 222 g/mol. The van der Waals surface area contributed by atoms with E-state index in [-0.39, 0.29) is 12.4 Å². The molecule has 0 aromatic rings. The van der Waals surface area contributed by atoms with E-state index >= 15 is 0 Å². The van der Waals surface area contributed by atoms with Gasteiger partial charge in [0, 0.05) is 24.9 Å². The van der Waals surface area contributed by atoms with Crippen molar-refractivity contribution >= 4 is 18.2 Å². The van der Waals surface area contributed by atoms with Crippen LogP contribution in [0.1, 0.15) is 65.2 Å². The fourth-order valence-corrected chi connectivity index (χ4v) is 2.36. The highest BCUT2D eigenvalue weighted by Gasteiger charge is 2.25. The summed E-state index contributed by atoms with van der Waals surface area (Å²) in [6, 6.07) is 0.932. The molecule has 0 aromatic carbocycles. The molecular formula is C13H26ClNO. The molecule has 1 heterocycles. The van der Waals surface area contributed by atoms with Crippen LogP contribution < -0.4 is 5.32 Å². The predicted octanol–water partition coefficient (Wildman–Crippen LogP) is 3.48. The molecule has 0 aliphatic carbocycles. The topological polar surface area (TPSA) is 29.1 Å². The summed E-state index contributed by atoms with van der Waals surface area (Å²) in [4.78, 5) is 11.6. The molecule has 0 aromatic heterocycles. The third-order valence-corrected chi connectivity index (χ3v) is 3.23.